The molecule has 1 heterocycles. The number of hydrogen-bond acceptors (Lipinski definition) is 2. The lowest BCUT2D eigenvalue weighted by Gasteiger charge is -2.27. The molecule has 1 aromatic rings. The Morgan fingerprint density at radius 1 is 1.60 bits per heavy atom. The molecule has 0 fully saturated rings. The van der Waals surface area contributed by atoms with Crippen LogP contribution in [0.25, 0.3) is 0 Å². The highest BCUT2D eigenvalue weighted by molar-refractivity contribution is 9.10. The van der Waals surface area contributed by atoms with Crippen LogP contribution in [-0.4, -0.2) is 13.2 Å². The van der Waals surface area contributed by atoms with Gasteiger partial charge in [-0.25, -0.2) is 4.39 Å². The Morgan fingerprint density at radius 3 is 3.13 bits per heavy atom. The molecule has 4 heteroatoms. The molecule has 0 radical (unpaired) electrons. The Balaban J connectivity index is 2.45. The Labute approximate surface area is 96.9 Å². The van der Waals surface area contributed by atoms with Crippen molar-refractivity contribution in [3.8, 4) is 5.75 Å². The van der Waals surface area contributed by atoms with Crippen LogP contribution >= 0.6 is 15.9 Å². The molecule has 0 aromatic heterocycles. The Kier molecular flexibility index (Phi) is 3.26. The Morgan fingerprint density at radius 2 is 2.40 bits per heavy atom. The van der Waals surface area contributed by atoms with E-state index in [4.69, 9.17) is 4.74 Å². The van der Waals surface area contributed by atoms with E-state index in [1.807, 2.05) is 6.92 Å². The lowest BCUT2D eigenvalue weighted by Crippen LogP contribution is -2.28. The molecule has 15 heavy (non-hydrogen) atoms. The molecule has 1 aromatic carbocycles. The van der Waals surface area contributed by atoms with Gasteiger partial charge in [-0.3, -0.25) is 0 Å². The van der Waals surface area contributed by atoms with E-state index in [1.165, 1.54) is 6.07 Å². The molecule has 0 saturated carbocycles. The molecule has 1 unspecified atom stereocenters. The van der Waals surface area contributed by atoms with E-state index < -0.39 is 0 Å². The van der Waals surface area contributed by atoms with Crippen molar-refractivity contribution in [1.29, 1.82) is 0 Å². The fourth-order valence-electron chi connectivity index (χ4n) is 1.89. The van der Waals surface area contributed by atoms with Crippen molar-refractivity contribution in [1.82, 2.24) is 5.32 Å². The molecule has 1 N–H and O–H groups in total. The summed E-state index contributed by atoms with van der Waals surface area (Å²) in [5.41, 5.74) is 0.650. The van der Waals surface area contributed by atoms with Crippen molar-refractivity contribution < 1.29 is 9.13 Å². The highest BCUT2D eigenvalue weighted by Crippen LogP contribution is 2.39. The SMILES string of the molecule is CCNC1CCOc2c(Br)ccc(F)c21. The minimum absolute atomic E-state index is 0.0660. The minimum Gasteiger partial charge on any atom is -0.492 e. The summed E-state index contributed by atoms with van der Waals surface area (Å²) in [4.78, 5) is 0. The van der Waals surface area contributed by atoms with Crippen molar-refractivity contribution in [3.05, 3.63) is 28.0 Å². The summed E-state index contributed by atoms with van der Waals surface area (Å²) in [6.45, 7) is 3.48. The zero-order chi connectivity index (χ0) is 10.8. The lowest BCUT2D eigenvalue weighted by atomic mass is 10.00. The molecule has 0 amide bonds. The highest BCUT2D eigenvalue weighted by atomic mass is 79.9. The van der Waals surface area contributed by atoms with Crippen molar-refractivity contribution >= 4 is 15.9 Å². The molecule has 0 spiro atoms. The number of rotatable bonds is 2. The van der Waals surface area contributed by atoms with Crippen molar-refractivity contribution in [3.63, 3.8) is 0 Å². The van der Waals surface area contributed by atoms with Crippen LogP contribution in [0.15, 0.2) is 16.6 Å². The summed E-state index contributed by atoms with van der Waals surface area (Å²) in [6.07, 6.45) is 0.814. The third-order valence-electron chi connectivity index (χ3n) is 2.55. The second-order valence-electron chi connectivity index (χ2n) is 3.52. The van der Waals surface area contributed by atoms with Crippen LogP contribution in [-0.2, 0) is 0 Å². The number of hydrogen-bond donors (Lipinski definition) is 1. The fraction of sp³-hybridized carbons (Fsp3) is 0.455. The van der Waals surface area contributed by atoms with E-state index >= 15 is 0 Å². The molecule has 0 bridgehead atoms. The number of fused-ring (bicyclic) bond motifs is 1. The van der Waals surface area contributed by atoms with E-state index in [2.05, 4.69) is 21.2 Å². The highest BCUT2D eigenvalue weighted by Gasteiger charge is 2.25. The topological polar surface area (TPSA) is 21.3 Å². The lowest BCUT2D eigenvalue weighted by molar-refractivity contribution is 0.247. The third-order valence-corrected chi connectivity index (χ3v) is 3.17. The molecule has 2 rings (SSSR count). The van der Waals surface area contributed by atoms with Gasteiger partial charge in [-0.05, 0) is 34.6 Å². The maximum absolute atomic E-state index is 13.7. The first-order chi connectivity index (χ1) is 7.24. The molecular weight excluding hydrogens is 261 g/mol. The molecule has 1 aliphatic heterocycles. The standard InChI is InChI=1S/C11H13BrFNO/c1-2-14-9-5-6-15-11-7(12)3-4-8(13)10(9)11/h3-4,9,14H,2,5-6H2,1H3. The van der Waals surface area contributed by atoms with Gasteiger partial charge in [0.05, 0.1) is 11.1 Å². The molecule has 1 aliphatic rings. The van der Waals surface area contributed by atoms with E-state index in [1.54, 1.807) is 6.07 Å². The number of benzene rings is 1. The second kappa shape index (κ2) is 4.49. The van der Waals surface area contributed by atoms with Gasteiger partial charge in [-0.15, -0.1) is 0 Å². The zero-order valence-corrected chi connectivity index (χ0v) is 10.1. The molecule has 82 valence electrons. The van der Waals surface area contributed by atoms with Crippen LogP contribution in [0.5, 0.6) is 5.75 Å². The normalized spacial score (nSPS) is 19.5. The number of ether oxygens (including phenoxy) is 1. The summed E-state index contributed by atoms with van der Waals surface area (Å²) in [7, 11) is 0. The van der Waals surface area contributed by atoms with E-state index in [-0.39, 0.29) is 11.9 Å². The Hall–Kier alpha value is -0.610. The predicted octanol–water partition coefficient (Wildman–Crippen LogP) is 3.02. The fourth-order valence-corrected chi connectivity index (χ4v) is 2.35. The van der Waals surface area contributed by atoms with Gasteiger partial charge < -0.3 is 10.1 Å². The van der Waals surface area contributed by atoms with Crippen molar-refractivity contribution in [2.45, 2.75) is 19.4 Å². The van der Waals surface area contributed by atoms with Gasteiger partial charge in [0.2, 0.25) is 0 Å². The molecule has 1 atom stereocenters. The summed E-state index contributed by atoms with van der Waals surface area (Å²) < 4.78 is 20.0. The van der Waals surface area contributed by atoms with Gasteiger partial charge in [0.1, 0.15) is 11.6 Å². The number of halogens is 2. The average Bonchev–Trinajstić information content (AvgIpc) is 2.24. The van der Waals surface area contributed by atoms with E-state index in [0.29, 0.717) is 17.9 Å². The first kappa shape index (κ1) is 10.9. The third kappa shape index (κ3) is 2.01. The largest absolute Gasteiger partial charge is 0.492 e. The van der Waals surface area contributed by atoms with Crippen LogP contribution in [0.1, 0.15) is 24.9 Å². The molecule has 0 saturated heterocycles. The average molecular weight is 274 g/mol. The zero-order valence-electron chi connectivity index (χ0n) is 8.52. The monoisotopic (exact) mass is 273 g/mol. The minimum atomic E-state index is -0.196. The molecule has 0 aliphatic carbocycles. The van der Waals surface area contributed by atoms with Gasteiger partial charge >= 0.3 is 0 Å². The van der Waals surface area contributed by atoms with Crippen LogP contribution in [0.3, 0.4) is 0 Å². The van der Waals surface area contributed by atoms with Gasteiger partial charge in [-0.2, -0.15) is 0 Å². The molecular formula is C11H13BrFNO. The molecule has 2 nitrogen and oxygen atoms in total. The first-order valence-electron chi connectivity index (χ1n) is 5.08. The maximum Gasteiger partial charge on any atom is 0.141 e. The number of nitrogens with one attached hydrogen (secondary N) is 1. The van der Waals surface area contributed by atoms with Gasteiger partial charge in [-0.1, -0.05) is 6.92 Å². The summed E-state index contributed by atoms with van der Waals surface area (Å²) in [5, 5.41) is 3.27. The smallest absolute Gasteiger partial charge is 0.141 e. The summed E-state index contributed by atoms with van der Waals surface area (Å²) >= 11 is 3.38. The predicted molar refractivity (Wildman–Crippen MR) is 60.6 cm³/mol. The van der Waals surface area contributed by atoms with E-state index in [0.717, 1.165) is 17.4 Å². The summed E-state index contributed by atoms with van der Waals surface area (Å²) in [5.74, 6) is 0.450. The Bertz CT molecular complexity index is 370. The summed E-state index contributed by atoms with van der Waals surface area (Å²) in [6, 6.07) is 3.22. The van der Waals surface area contributed by atoms with Gasteiger partial charge in [0.15, 0.2) is 0 Å². The van der Waals surface area contributed by atoms with Crippen LogP contribution in [0.4, 0.5) is 4.39 Å². The van der Waals surface area contributed by atoms with Gasteiger partial charge in [0, 0.05) is 18.0 Å². The van der Waals surface area contributed by atoms with Crippen LogP contribution in [0.2, 0.25) is 0 Å². The van der Waals surface area contributed by atoms with Gasteiger partial charge in [0.25, 0.3) is 0 Å². The maximum atomic E-state index is 13.7. The first-order valence-corrected chi connectivity index (χ1v) is 5.87. The van der Waals surface area contributed by atoms with Crippen molar-refractivity contribution in [2.75, 3.05) is 13.2 Å². The van der Waals surface area contributed by atoms with Crippen LogP contribution in [0, 0.1) is 5.82 Å². The van der Waals surface area contributed by atoms with E-state index in [9.17, 15) is 4.39 Å². The second-order valence-corrected chi connectivity index (χ2v) is 4.37. The van der Waals surface area contributed by atoms with Crippen LogP contribution < -0.4 is 10.1 Å². The quantitative estimate of drug-likeness (QED) is 0.895. The van der Waals surface area contributed by atoms with Crippen molar-refractivity contribution in [2.24, 2.45) is 0 Å².